The predicted octanol–water partition coefficient (Wildman–Crippen LogP) is 1.45. The summed E-state index contributed by atoms with van der Waals surface area (Å²) in [7, 11) is 0. The normalized spacial score (nSPS) is 43.4. The number of nitrogens with one attached hydrogen (secondary N) is 1. The smallest absolute Gasteiger partial charge is 0.111 e. The van der Waals surface area contributed by atoms with Gasteiger partial charge in [-0.2, -0.15) is 0 Å². The molecule has 0 saturated carbocycles. The van der Waals surface area contributed by atoms with E-state index in [2.05, 4.69) is 19.2 Å². The van der Waals surface area contributed by atoms with E-state index in [1.54, 1.807) is 0 Å². The third-order valence-corrected chi connectivity index (χ3v) is 3.91. The average Bonchev–Trinajstić information content (AvgIpc) is 2.55. The van der Waals surface area contributed by atoms with Gasteiger partial charge in [-0.1, -0.05) is 0 Å². The number of rotatable bonds is 1. The Labute approximate surface area is 92.2 Å². The van der Waals surface area contributed by atoms with Crippen LogP contribution in [0.4, 0.5) is 0 Å². The topological polar surface area (TPSA) is 41.5 Å². The molecule has 2 rings (SSSR count). The van der Waals surface area contributed by atoms with Crippen LogP contribution in [0.1, 0.15) is 47.0 Å². The maximum atomic E-state index is 10.9. The lowest BCUT2D eigenvalue weighted by molar-refractivity contribution is -0.136. The van der Waals surface area contributed by atoms with E-state index in [-0.39, 0.29) is 11.6 Å². The zero-order chi connectivity index (χ0) is 11.3. The Morgan fingerprint density at radius 1 is 1.27 bits per heavy atom. The lowest BCUT2D eigenvalue weighted by Gasteiger charge is -2.39. The number of ether oxygens (including phenoxy) is 1. The van der Waals surface area contributed by atoms with Crippen LogP contribution < -0.4 is 5.32 Å². The maximum Gasteiger partial charge on any atom is 0.111 e. The van der Waals surface area contributed by atoms with Gasteiger partial charge >= 0.3 is 0 Å². The fourth-order valence-corrected chi connectivity index (χ4v) is 3.31. The summed E-state index contributed by atoms with van der Waals surface area (Å²) in [5.41, 5.74) is -1.41. The molecule has 0 radical (unpaired) electrons. The van der Waals surface area contributed by atoms with Gasteiger partial charge in [-0.25, -0.2) is 0 Å². The molecule has 2 fully saturated rings. The van der Waals surface area contributed by atoms with Crippen LogP contribution in [-0.2, 0) is 4.74 Å². The summed E-state index contributed by atoms with van der Waals surface area (Å²) < 4.78 is 5.97. The van der Waals surface area contributed by atoms with E-state index >= 15 is 0 Å². The third-order valence-electron chi connectivity index (χ3n) is 3.91. The molecule has 0 bridgehead atoms. The van der Waals surface area contributed by atoms with Crippen molar-refractivity contribution < 1.29 is 9.84 Å². The summed E-state index contributed by atoms with van der Waals surface area (Å²) in [4.78, 5) is 0. The van der Waals surface area contributed by atoms with Gasteiger partial charge in [-0.3, -0.25) is 0 Å². The first-order valence-corrected chi connectivity index (χ1v) is 5.93. The molecule has 2 N–H and O–H groups in total. The maximum absolute atomic E-state index is 10.9. The molecule has 3 heteroatoms. The predicted molar refractivity (Wildman–Crippen MR) is 59.8 cm³/mol. The van der Waals surface area contributed by atoms with Crippen molar-refractivity contribution in [1.29, 1.82) is 0 Å². The van der Waals surface area contributed by atoms with Crippen LogP contribution in [0.2, 0.25) is 0 Å². The number of hydrogen-bond acceptors (Lipinski definition) is 3. The minimum absolute atomic E-state index is 0.189. The van der Waals surface area contributed by atoms with Crippen molar-refractivity contribution >= 4 is 0 Å². The molecule has 0 spiro atoms. The molecule has 2 saturated heterocycles. The van der Waals surface area contributed by atoms with E-state index in [0.717, 1.165) is 19.4 Å². The Kier molecular flexibility index (Phi) is 2.42. The average molecular weight is 213 g/mol. The van der Waals surface area contributed by atoms with Crippen LogP contribution in [0.5, 0.6) is 0 Å². The second kappa shape index (κ2) is 3.19. The number of hydrogen-bond donors (Lipinski definition) is 2. The molecule has 2 aliphatic heterocycles. The monoisotopic (exact) mass is 213 g/mol. The van der Waals surface area contributed by atoms with Crippen molar-refractivity contribution in [2.45, 2.75) is 69.8 Å². The molecule has 3 nitrogen and oxygen atoms in total. The Hall–Kier alpha value is -0.120. The summed E-state index contributed by atoms with van der Waals surface area (Å²) >= 11 is 0. The first-order valence-electron chi connectivity index (χ1n) is 5.93. The lowest BCUT2D eigenvalue weighted by Crippen LogP contribution is -2.58. The molecule has 0 aromatic carbocycles. The Morgan fingerprint density at radius 2 is 1.93 bits per heavy atom. The zero-order valence-corrected chi connectivity index (χ0v) is 10.3. The molecular formula is C12H23NO2. The quantitative estimate of drug-likeness (QED) is 0.692. The lowest BCUT2D eigenvalue weighted by atomic mass is 9.76. The molecule has 2 heterocycles. The van der Waals surface area contributed by atoms with Crippen molar-refractivity contribution in [1.82, 2.24) is 5.32 Å². The van der Waals surface area contributed by atoms with Gasteiger partial charge in [0, 0.05) is 12.5 Å². The van der Waals surface area contributed by atoms with Gasteiger partial charge in [0.15, 0.2) is 0 Å². The highest BCUT2D eigenvalue weighted by molar-refractivity contribution is 5.12. The SMILES string of the molecule is CC1(C)CC(O)(C2CCCN2)C(C)(C)O1. The highest BCUT2D eigenvalue weighted by atomic mass is 16.5. The first kappa shape index (κ1) is 11.4. The van der Waals surface area contributed by atoms with Crippen molar-refractivity contribution in [3.63, 3.8) is 0 Å². The summed E-state index contributed by atoms with van der Waals surface area (Å²) in [6.07, 6.45) is 2.92. The van der Waals surface area contributed by atoms with Crippen LogP contribution in [0.25, 0.3) is 0 Å². The first-order chi connectivity index (χ1) is 6.77. The van der Waals surface area contributed by atoms with Crippen molar-refractivity contribution in [3.05, 3.63) is 0 Å². The molecule has 2 aliphatic rings. The Balaban J connectivity index is 2.26. The Morgan fingerprint density at radius 3 is 2.33 bits per heavy atom. The van der Waals surface area contributed by atoms with Crippen LogP contribution in [0, 0.1) is 0 Å². The van der Waals surface area contributed by atoms with E-state index in [1.165, 1.54) is 0 Å². The van der Waals surface area contributed by atoms with Crippen molar-refractivity contribution in [2.24, 2.45) is 0 Å². The number of aliphatic hydroxyl groups is 1. The molecule has 15 heavy (non-hydrogen) atoms. The summed E-state index contributed by atoms with van der Waals surface area (Å²) in [5, 5.41) is 14.3. The molecule has 2 atom stereocenters. The minimum Gasteiger partial charge on any atom is -0.385 e. The van der Waals surface area contributed by atoms with Gasteiger partial charge in [-0.15, -0.1) is 0 Å². The summed E-state index contributed by atoms with van der Waals surface area (Å²) in [6.45, 7) is 9.14. The van der Waals surface area contributed by atoms with Gasteiger partial charge in [0.1, 0.15) is 5.60 Å². The molecule has 0 aromatic heterocycles. The highest BCUT2D eigenvalue weighted by Gasteiger charge is 2.60. The summed E-state index contributed by atoms with van der Waals surface area (Å²) in [5.74, 6) is 0. The van der Waals surface area contributed by atoms with Crippen molar-refractivity contribution in [3.8, 4) is 0 Å². The molecule has 0 amide bonds. The van der Waals surface area contributed by atoms with E-state index in [4.69, 9.17) is 4.74 Å². The van der Waals surface area contributed by atoms with Crippen LogP contribution >= 0.6 is 0 Å². The van der Waals surface area contributed by atoms with E-state index < -0.39 is 11.2 Å². The third kappa shape index (κ3) is 1.71. The van der Waals surface area contributed by atoms with E-state index in [0.29, 0.717) is 6.42 Å². The van der Waals surface area contributed by atoms with Crippen molar-refractivity contribution in [2.75, 3.05) is 6.54 Å². The van der Waals surface area contributed by atoms with Gasteiger partial charge in [0.05, 0.1) is 11.2 Å². The van der Waals surface area contributed by atoms with E-state index in [9.17, 15) is 5.11 Å². The Bertz CT molecular complexity index is 256. The van der Waals surface area contributed by atoms with Crippen LogP contribution in [0.15, 0.2) is 0 Å². The van der Waals surface area contributed by atoms with Gasteiger partial charge < -0.3 is 15.2 Å². The molecule has 0 aliphatic carbocycles. The second-order valence-electron chi connectivity index (χ2n) is 6.12. The summed E-state index contributed by atoms with van der Waals surface area (Å²) in [6, 6.07) is 0.189. The standard InChI is InChI=1S/C12H23NO2/c1-10(2)8-12(14,11(3,4)15-10)9-6-5-7-13-9/h9,13-14H,5-8H2,1-4H3. The molecule has 0 aromatic rings. The second-order valence-corrected chi connectivity index (χ2v) is 6.12. The fourth-order valence-electron chi connectivity index (χ4n) is 3.31. The van der Waals surface area contributed by atoms with Crippen LogP contribution in [-0.4, -0.2) is 34.5 Å². The van der Waals surface area contributed by atoms with E-state index in [1.807, 2.05) is 13.8 Å². The van der Waals surface area contributed by atoms with Crippen LogP contribution in [0.3, 0.4) is 0 Å². The zero-order valence-electron chi connectivity index (χ0n) is 10.3. The molecular weight excluding hydrogens is 190 g/mol. The highest BCUT2D eigenvalue weighted by Crippen LogP contribution is 2.48. The van der Waals surface area contributed by atoms with Gasteiger partial charge in [-0.05, 0) is 47.1 Å². The molecule has 88 valence electrons. The molecule has 2 unspecified atom stereocenters. The largest absolute Gasteiger partial charge is 0.385 e. The fraction of sp³-hybridized carbons (Fsp3) is 1.00. The van der Waals surface area contributed by atoms with Gasteiger partial charge in [0.25, 0.3) is 0 Å². The minimum atomic E-state index is -0.729. The van der Waals surface area contributed by atoms with Gasteiger partial charge in [0.2, 0.25) is 0 Å².